The molecule has 0 aliphatic carbocycles. The normalized spacial score (nSPS) is 11.7. The third-order valence-corrected chi connectivity index (χ3v) is 3.85. The number of tetrazole rings is 1. The molecule has 0 aliphatic rings. The zero-order valence-electron chi connectivity index (χ0n) is 14.7. The van der Waals surface area contributed by atoms with Crippen LogP contribution < -0.4 is 14.8 Å². The number of aromatic nitrogens is 4. The van der Waals surface area contributed by atoms with Crippen LogP contribution in [0.1, 0.15) is 13.0 Å². The molecule has 1 N–H and O–H groups in total. The monoisotopic (exact) mass is 353 g/mol. The Hall–Kier alpha value is -3.42. The van der Waals surface area contributed by atoms with Crippen LogP contribution in [-0.4, -0.2) is 40.3 Å². The van der Waals surface area contributed by atoms with Crippen molar-refractivity contribution in [2.45, 2.75) is 13.0 Å². The standard InChI is InChI=1S/C18H19N5O3/c1-12(23-21-17(20-22-23)13-7-5-4-6-8-13)18(24)19-15-11-14(25-2)9-10-16(15)26-3/h4-12H,1-3H3,(H,19,24). The van der Waals surface area contributed by atoms with Gasteiger partial charge in [0.1, 0.15) is 17.5 Å². The van der Waals surface area contributed by atoms with Crippen LogP contribution in [-0.2, 0) is 4.79 Å². The number of hydrogen-bond acceptors (Lipinski definition) is 6. The van der Waals surface area contributed by atoms with E-state index in [4.69, 9.17) is 9.47 Å². The van der Waals surface area contributed by atoms with Gasteiger partial charge in [-0.1, -0.05) is 30.3 Å². The number of nitrogens with zero attached hydrogens (tertiary/aromatic N) is 4. The third kappa shape index (κ3) is 3.64. The van der Waals surface area contributed by atoms with Crippen molar-refractivity contribution in [1.29, 1.82) is 0 Å². The van der Waals surface area contributed by atoms with E-state index in [-0.39, 0.29) is 5.91 Å². The van der Waals surface area contributed by atoms with E-state index in [1.807, 2.05) is 30.3 Å². The smallest absolute Gasteiger partial charge is 0.250 e. The Labute approximate surface area is 150 Å². The van der Waals surface area contributed by atoms with Gasteiger partial charge >= 0.3 is 0 Å². The number of amides is 1. The molecule has 0 radical (unpaired) electrons. The number of rotatable bonds is 6. The van der Waals surface area contributed by atoms with E-state index in [9.17, 15) is 4.79 Å². The second-order valence-electron chi connectivity index (χ2n) is 5.53. The molecule has 1 amide bonds. The van der Waals surface area contributed by atoms with E-state index >= 15 is 0 Å². The molecule has 0 aliphatic heterocycles. The number of hydrogen-bond donors (Lipinski definition) is 1. The summed E-state index contributed by atoms with van der Waals surface area (Å²) in [6, 6.07) is 14.0. The molecule has 134 valence electrons. The maximum absolute atomic E-state index is 12.6. The van der Waals surface area contributed by atoms with Gasteiger partial charge in [0, 0.05) is 11.6 Å². The van der Waals surface area contributed by atoms with Gasteiger partial charge in [0.2, 0.25) is 5.82 Å². The van der Waals surface area contributed by atoms with Crippen LogP contribution >= 0.6 is 0 Å². The number of carbonyl (C=O) groups is 1. The van der Waals surface area contributed by atoms with Gasteiger partial charge in [-0.05, 0) is 24.3 Å². The van der Waals surface area contributed by atoms with Crippen molar-refractivity contribution in [2.24, 2.45) is 0 Å². The van der Waals surface area contributed by atoms with Crippen LogP contribution in [0.25, 0.3) is 11.4 Å². The minimum absolute atomic E-state index is 0.298. The van der Waals surface area contributed by atoms with Crippen LogP contribution in [0.2, 0.25) is 0 Å². The summed E-state index contributed by atoms with van der Waals surface area (Å²) < 4.78 is 10.5. The summed E-state index contributed by atoms with van der Waals surface area (Å²) in [5, 5.41) is 15.1. The fourth-order valence-corrected chi connectivity index (χ4v) is 2.35. The van der Waals surface area contributed by atoms with Crippen LogP contribution in [0.15, 0.2) is 48.5 Å². The summed E-state index contributed by atoms with van der Waals surface area (Å²) in [5.74, 6) is 1.31. The van der Waals surface area contributed by atoms with E-state index < -0.39 is 6.04 Å². The zero-order valence-corrected chi connectivity index (χ0v) is 14.7. The van der Waals surface area contributed by atoms with Gasteiger partial charge in [-0.15, -0.1) is 10.2 Å². The van der Waals surface area contributed by atoms with Crippen molar-refractivity contribution in [2.75, 3.05) is 19.5 Å². The summed E-state index contributed by atoms with van der Waals surface area (Å²) in [4.78, 5) is 13.9. The van der Waals surface area contributed by atoms with Gasteiger partial charge in [-0.3, -0.25) is 4.79 Å². The molecule has 26 heavy (non-hydrogen) atoms. The first-order chi connectivity index (χ1) is 12.6. The first kappa shape index (κ1) is 17.4. The van der Waals surface area contributed by atoms with Gasteiger partial charge in [0.15, 0.2) is 0 Å². The minimum Gasteiger partial charge on any atom is -0.497 e. The first-order valence-corrected chi connectivity index (χ1v) is 8.00. The lowest BCUT2D eigenvalue weighted by Gasteiger charge is -2.14. The molecule has 0 saturated carbocycles. The molecule has 0 saturated heterocycles. The highest BCUT2D eigenvalue weighted by Crippen LogP contribution is 2.29. The Kier molecular flexibility index (Phi) is 5.12. The summed E-state index contributed by atoms with van der Waals surface area (Å²) in [7, 11) is 3.09. The zero-order chi connectivity index (χ0) is 18.5. The number of anilines is 1. The summed E-state index contributed by atoms with van der Waals surface area (Å²) >= 11 is 0. The molecule has 1 aromatic heterocycles. The maximum atomic E-state index is 12.6. The van der Waals surface area contributed by atoms with Crippen molar-refractivity contribution in [3.63, 3.8) is 0 Å². The minimum atomic E-state index is -0.657. The lowest BCUT2D eigenvalue weighted by atomic mass is 10.2. The molecule has 1 heterocycles. The molecule has 0 fully saturated rings. The van der Waals surface area contributed by atoms with Crippen LogP contribution in [0.3, 0.4) is 0 Å². The number of nitrogens with one attached hydrogen (secondary N) is 1. The van der Waals surface area contributed by atoms with Crippen LogP contribution in [0.5, 0.6) is 11.5 Å². The number of carbonyl (C=O) groups excluding carboxylic acids is 1. The highest BCUT2D eigenvalue weighted by molar-refractivity contribution is 5.95. The highest BCUT2D eigenvalue weighted by Gasteiger charge is 2.20. The molecular weight excluding hydrogens is 334 g/mol. The van der Waals surface area contributed by atoms with E-state index in [1.54, 1.807) is 32.2 Å². The Balaban J connectivity index is 1.78. The predicted molar refractivity (Wildman–Crippen MR) is 96.1 cm³/mol. The second-order valence-corrected chi connectivity index (χ2v) is 5.53. The third-order valence-electron chi connectivity index (χ3n) is 3.85. The molecule has 0 spiro atoms. The van der Waals surface area contributed by atoms with Gasteiger partial charge in [0.05, 0.1) is 19.9 Å². The number of ether oxygens (including phenoxy) is 2. The molecule has 2 aromatic carbocycles. The molecule has 1 unspecified atom stereocenters. The molecule has 1 atom stereocenters. The lowest BCUT2D eigenvalue weighted by molar-refractivity contribution is -0.119. The van der Waals surface area contributed by atoms with Crippen molar-refractivity contribution in [1.82, 2.24) is 20.2 Å². The van der Waals surface area contributed by atoms with Gasteiger partial charge in [0.25, 0.3) is 5.91 Å². The van der Waals surface area contributed by atoms with E-state index in [2.05, 4.69) is 20.7 Å². The van der Waals surface area contributed by atoms with Crippen LogP contribution in [0, 0.1) is 0 Å². The van der Waals surface area contributed by atoms with E-state index in [0.29, 0.717) is 23.0 Å². The Morgan fingerprint density at radius 1 is 1.12 bits per heavy atom. The van der Waals surface area contributed by atoms with E-state index in [1.165, 1.54) is 11.9 Å². The maximum Gasteiger partial charge on any atom is 0.250 e. The van der Waals surface area contributed by atoms with Crippen molar-refractivity contribution >= 4 is 11.6 Å². The Morgan fingerprint density at radius 3 is 2.58 bits per heavy atom. The highest BCUT2D eigenvalue weighted by atomic mass is 16.5. The molecule has 8 heteroatoms. The van der Waals surface area contributed by atoms with Gasteiger partial charge < -0.3 is 14.8 Å². The fourth-order valence-electron chi connectivity index (χ4n) is 2.35. The van der Waals surface area contributed by atoms with Crippen molar-refractivity contribution < 1.29 is 14.3 Å². The van der Waals surface area contributed by atoms with Crippen LogP contribution in [0.4, 0.5) is 5.69 Å². The largest absolute Gasteiger partial charge is 0.497 e. The fraction of sp³-hybridized carbons (Fsp3) is 0.222. The molecule has 3 rings (SSSR count). The SMILES string of the molecule is COc1ccc(OC)c(NC(=O)C(C)n2nnc(-c3ccccc3)n2)c1. The average Bonchev–Trinajstić information content (AvgIpc) is 3.18. The molecule has 8 nitrogen and oxygen atoms in total. The quantitative estimate of drug-likeness (QED) is 0.732. The second kappa shape index (κ2) is 7.64. The molecular formula is C18H19N5O3. The number of methoxy groups -OCH3 is 2. The Morgan fingerprint density at radius 2 is 1.88 bits per heavy atom. The first-order valence-electron chi connectivity index (χ1n) is 8.00. The Bertz CT molecular complexity index is 895. The average molecular weight is 353 g/mol. The summed E-state index contributed by atoms with van der Waals surface area (Å²) in [5.41, 5.74) is 1.34. The summed E-state index contributed by atoms with van der Waals surface area (Å²) in [6.07, 6.45) is 0. The lowest BCUT2D eigenvalue weighted by Crippen LogP contribution is -2.25. The van der Waals surface area contributed by atoms with Crippen molar-refractivity contribution in [3.8, 4) is 22.9 Å². The van der Waals surface area contributed by atoms with Crippen molar-refractivity contribution in [3.05, 3.63) is 48.5 Å². The van der Waals surface area contributed by atoms with Gasteiger partial charge in [-0.2, -0.15) is 4.80 Å². The van der Waals surface area contributed by atoms with E-state index in [0.717, 1.165) is 5.56 Å². The molecule has 0 bridgehead atoms. The van der Waals surface area contributed by atoms with Gasteiger partial charge in [-0.25, -0.2) is 0 Å². The molecule has 3 aromatic rings. The number of benzene rings is 2. The topological polar surface area (TPSA) is 91.2 Å². The predicted octanol–water partition coefficient (Wildman–Crippen LogP) is 2.56. The summed E-state index contributed by atoms with van der Waals surface area (Å²) in [6.45, 7) is 1.69.